The quantitative estimate of drug-likeness (QED) is 0.373. The maximum Gasteiger partial charge on any atom is 0.271 e. The summed E-state index contributed by atoms with van der Waals surface area (Å²) in [5.74, 6) is 1.93. The Bertz CT molecular complexity index is 1000. The molecule has 1 aliphatic rings. The van der Waals surface area contributed by atoms with Gasteiger partial charge in [0.25, 0.3) is 5.91 Å². The number of benzene rings is 3. The third kappa shape index (κ3) is 4.97. The van der Waals surface area contributed by atoms with Gasteiger partial charge in [0.1, 0.15) is 13.2 Å². The molecule has 0 aliphatic carbocycles. The lowest BCUT2D eigenvalue weighted by atomic mass is 10.1. The van der Waals surface area contributed by atoms with Gasteiger partial charge in [0, 0.05) is 21.8 Å². The van der Waals surface area contributed by atoms with Crippen LogP contribution < -0.4 is 14.9 Å². The summed E-state index contributed by atoms with van der Waals surface area (Å²) in [7, 11) is 0. The number of carbonyl (C=O) groups is 1. The average Bonchev–Trinajstić information content (AvgIpc) is 2.79. The molecule has 0 saturated heterocycles. The van der Waals surface area contributed by atoms with Crippen LogP contribution in [0.4, 0.5) is 0 Å². The van der Waals surface area contributed by atoms with Crippen molar-refractivity contribution >= 4 is 23.9 Å². The Kier molecular flexibility index (Phi) is 6.12. The van der Waals surface area contributed by atoms with Crippen LogP contribution in [0.1, 0.15) is 21.5 Å². The van der Waals surface area contributed by atoms with Crippen molar-refractivity contribution in [3.8, 4) is 11.5 Å². The lowest BCUT2D eigenvalue weighted by molar-refractivity contribution is 0.0955. The van der Waals surface area contributed by atoms with Gasteiger partial charge in [0.15, 0.2) is 11.5 Å². The second-order valence-corrected chi connectivity index (χ2v) is 7.42. The van der Waals surface area contributed by atoms with E-state index in [9.17, 15) is 4.79 Å². The molecule has 4 rings (SSSR count). The minimum absolute atomic E-state index is 0.259. The van der Waals surface area contributed by atoms with Gasteiger partial charge >= 0.3 is 0 Å². The number of nitrogens with one attached hydrogen (secondary N) is 1. The molecular weight excluding hydrogens is 384 g/mol. The molecule has 0 atom stereocenters. The first-order valence-electron chi connectivity index (χ1n) is 9.28. The third-order valence-corrected chi connectivity index (χ3v) is 5.41. The Hall–Kier alpha value is -3.25. The maximum atomic E-state index is 12.3. The van der Waals surface area contributed by atoms with E-state index in [1.165, 1.54) is 4.90 Å². The largest absolute Gasteiger partial charge is 0.486 e. The van der Waals surface area contributed by atoms with Gasteiger partial charge < -0.3 is 9.47 Å². The fourth-order valence-electron chi connectivity index (χ4n) is 2.86. The Morgan fingerprint density at radius 2 is 1.76 bits per heavy atom. The van der Waals surface area contributed by atoms with Gasteiger partial charge in [-0.1, -0.05) is 36.4 Å². The number of rotatable bonds is 6. The molecule has 0 unspecified atom stereocenters. The number of hydrogen-bond donors (Lipinski definition) is 1. The zero-order valence-corrected chi connectivity index (χ0v) is 16.5. The summed E-state index contributed by atoms with van der Waals surface area (Å²) in [5, 5.41) is 4.06. The van der Waals surface area contributed by atoms with Gasteiger partial charge in [0.2, 0.25) is 0 Å². The SMILES string of the molecule is O=C(N/N=C\c1cccc2c1OCCO2)c1ccc(CSc2ccccc2)cc1. The Balaban J connectivity index is 1.33. The summed E-state index contributed by atoms with van der Waals surface area (Å²) in [6, 6.07) is 23.4. The van der Waals surface area contributed by atoms with Crippen molar-refractivity contribution in [3.63, 3.8) is 0 Å². The molecule has 0 spiro atoms. The highest BCUT2D eigenvalue weighted by Crippen LogP contribution is 2.32. The molecule has 1 N–H and O–H groups in total. The summed E-state index contributed by atoms with van der Waals surface area (Å²) in [6.07, 6.45) is 1.57. The van der Waals surface area contributed by atoms with Crippen molar-refractivity contribution in [2.24, 2.45) is 5.10 Å². The number of hydrogen-bond acceptors (Lipinski definition) is 5. The van der Waals surface area contributed by atoms with E-state index >= 15 is 0 Å². The Labute approximate surface area is 173 Å². The van der Waals surface area contributed by atoms with Crippen LogP contribution in [0.2, 0.25) is 0 Å². The highest BCUT2D eigenvalue weighted by molar-refractivity contribution is 7.98. The molecule has 0 fully saturated rings. The molecule has 1 heterocycles. The summed E-state index contributed by atoms with van der Waals surface area (Å²) >= 11 is 1.76. The summed E-state index contributed by atoms with van der Waals surface area (Å²) < 4.78 is 11.2. The molecule has 1 aliphatic heterocycles. The smallest absolute Gasteiger partial charge is 0.271 e. The van der Waals surface area contributed by atoms with Crippen molar-refractivity contribution < 1.29 is 14.3 Å². The monoisotopic (exact) mass is 404 g/mol. The van der Waals surface area contributed by atoms with Crippen LogP contribution in [-0.4, -0.2) is 25.3 Å². The number of fused-ring (bicyclic) bond motifs is 1. The predicted octanol–water partition coefficient (Wildman–Crippen LogP) is 4.51. The van der Waals surface area contributed by atoms with E-state index in [0.717, 1.165) is 16.9 Å². The zero-order valence-electron chi connectivity index (χ0n) is 15.7. The van der Waals surface area contributed by atoms with Crippen LogP contribution >= 0.6 is 11.8 Å². The normalized spacial score (nSPS) is 12.7. The molecule has 3 aromatic carbocycles. The van der Waals surface area contributed by atoms with Crippen molar-refractivity contribution in [2.45, 2.75) is 10.6 Å². The molecule has 29 heavy (non-hydrogen) atoms. The van der Waals surface area contributed by atoms with Crippen molar-refractivity contribution in [1.82, 2.24) is 5.43 Å². The molecular formula is C23H20N2O3S. The standard InChI is InChI=1S/C23H20N2O3S/c26-23(25-24-15-19-5-4-8-21-22(19)28-14-13-27-21)18-11-9-17(10-12-18)16-29-20-6-2-1-3-7-20/h1-12,15H,13-14,16H2,(H,25,26)/b24-15-. The number of carbonyl (C=O) groups excluding carboxylic acids is 1. The second kappa shape index (κ2) is 9.30. The number of ether oxygens (including phenoxy) is 2. The molecule has 6 heteroatoms. The van der Waals surface area contributed by atoms with E-state index in [0.29, 0.717) is 30.3 Å². The highest BCUT2D eigenvalue weighted by Gasteiger charge is 2.14. The fourth-order valence-corrected chi connectivity index (χ4v) is 3.73. The van der Waals surface area contributed by atoms with Crippen LogP contribution in [-0.2, 0) is 5.75 Å². The number of amides is 1. The minimum atomic E-state index is -0.259. The molecule has 0 bridgehead atoms. The van der Waals surface area contributed by atoms with E-state index in [-0.39, 0.29) is 5.91 Å². The van der Waals surface area contributed by atoms with Crippen LogP contribution in [0, 0.1) is 0 Å². The van der Waals surface area contributed by atoms with Crippen LogP contribution in [0.15, 0.2) is 82.8 Å². The van der Waals surface area contributed by atoms with Crippen LogP contribution in [0.5, 0.6) is 11.5 Å². The maximum absolute atomic E-state index is 12.3. The molecule has 0 saturated carbocycles. The Morgan fingerprint density at radius 3 is 2.59 bits per heavy atom. The van der Waals surface area contributed by atoms with Crippen molar-refractivity contribution in [2.75, 3.05) is 13.2 Å². The first-order valence-corrected chi connectivity index (χ1v) is 10.3. The van der Waals surface area contributed by atoms with Gasteiger partial charge in [-0.25, -0.2) is 5.43 Å². The summed E-state index contributed by atoms with van der Waals surface area (Å²) in [6.45, 7) is 1.03. The molecule has 3 aromatic rings. The number of thioether (sulfide) groups is 1. The second-order valence-electron chi connectivity index (χ2n) is 6.37. The van der Waals surface area contributed by atoms with Crippen LogP contribution in [0.3, 0.4) is 0 Å². The van der Waals surface area contributed by atoms with E-state index in [1.807, 2.05) is 60.7 Å². The van der Waals surface area contributed by atoms with E-state index < -0.39 is 0 Å². The third-order valence-electron chi connectivity index (χ3n) is 4.33. The number of nitrogens with zero attached hydrogens (tertiary/aromatic N) is 1. The van der Waals surface area contributed by atoms with Gasteiger partial charge in [-0.15, -0.1) is 11.8 Å². The lowest BCUT2D eigenvalue weighted by Gasteiger charge is -2.19. The van der Waals surface area contributed by atoms with Crippen LogP contribution in [0.25, 0.3) is 0 Å². The van der Waals surface area contributed by atoms with Gasteiger partial charge in [-0.05, 0) is 42.0 Å². The molecule has 146 valence electrons. The first kappa shape index (κ1) is 19.1. The molecule has 1 amide bonds. The first-order chi connectivity index (χ1) is 14.3. The molecule has 0 aromatic heterocycles. The van der Waals surface area contributed by atoms with Crippen molar-refractivity contribution in [1.29, 1.82) is 0 Å². The Morgan fingerprint density at radius 1 is 0.966 bits per heavy atom. The lowest BCUT2D eigenvalue weighted by Crippen LogP contribution is -2.18. The van der Waals surface area contributed by atoms with Gasteiger partial charge in [-0.3, -0.25) is 4.79 Å². The zero-order chi connectivity index (χ0) is 19.9. The van der Waals surface area contributed by atoms with E-state index in [2.05, 4.69) is 22.7 Å². The van der Waals surface area contributed by atoms with Gasteiger partial charge in [-0.2, -0.15) is 5.10 Å². The predicted molar refractivity (Wildman–Crippen MR) is 115 cm³/mol. The molecule has 5 nitrogen and oxygen atoms in total. The van der Waals surface area contributed by atoms with E-state index in [4.69, 9.17) is 9.47 Å². The van der Waals surface area contributed by atoms with Gasteiger partial charge in [0.05, 0.1) is 6.21 Å². The topological polar surface area (TPSA) is 59.9 Å². The number of para-hydroxylation sites is 1. The summed E-state index contributed by atoms with van der Waals surface area (Å²) in [5.41, 5.74) is 5.04. The highest BCUT2D eigenvalue weighted by atomic mass is 32.2. The van der Waals surface area contributed by atoms with E-state index in [1.54, 1.807) is 18.0 Å². The summed E-state index contributed by atoms with van der Waals surface area (Å²) in [4.78, 5) is 13.6. The number of hydrazone groups is 1. The minimum Gasteiger partial charge on any atom is -0.486 e. The molecule has 0 radical (unpaired) electrons. The fraction of sp³-hybridized carbons (Fsp3) is 0.130. The average molecular weight is 404 g/mol. The van der Waals surface area contributed by atoms with Crippen molar-refractivity contribution in [3.05, 3.63) is 89.5 Å².